The summed E-state index contributed by atoms with van der Waals surface area (Å²) >= 11 is 0. The summed E-state index contributed by atoms with van der Waals surface area (Å²) in [5, 5.41) is 3.38. The van der Waals surface area contributed by atoms with Gasteiger partial charge in [0.2, 0.25) is 5.95 Å². The van der Waals surface area contributed by atoms with Gasteiger partial charge in [0, 0.05) is 18.0 Å². The largest absolute Gasteiger partial charge is 0.376 e. The van der Waals surface area contributed by atoms with Crippen molar-refractivity contribution in [1.82, 2.24) is 9.97 Å². The Balaban J connectivity index is 2.15. The summed E-state index contributed by atoms with van der Waals surface area (Å²) in [5.74, 6) is 1.16. The van der Waals surface area contributed by atoms with Crippen molar-refractivity contribution in [3.8, 4) is 0 Å². The van der Waals surface area contributed by atoms with Gasteiger partial charge in [-0.25, -0.2) is 9.97 Å². The Morgan fingerprint density at radius 1 is 1.41 bits per heavy atom. The fraction of sp³-hybridized carbons (Fsp3) is 0.692. The first kappa shape index (κ1) is 12.3. The molecule has 94 valence electrons. The van der Waals surface area contributed by atoms with Crippen molar-refractivity contribution < 1.29 is 4.74 Å². The zero-order valence-electron chi connectivity index (χ0n) is 11.0. The SMILES string of the molecule is Cc1cc(C(C)C)nc(NC2CCOC2C)n1. The Morgan fingerprint density at radius 3 is 2.76 bits per heavy atom. The van der Waals surface area contributed by atoms with Crippen LogP contribution >= 0.6 is 0 Å². The maximum atomic E-state index is 5.53. The van der Waals surface area contributed by atoms with E-state index in [9.17, 15) is 0 Å². The molecule has 0 saturated carbocycles. The second-order valence-electron chi connectivity index (χ2n) is 5.03. The Kier molecular flexibility index (Phi) is 3.62. The predicted molar refractivity (Wildman–Crippen MR) is 68.3 cm³/mol. The molecular formula is C13H21N3O. The van der Waals surface area contributed by atoms with E-state index in [1.807, 2.05) is 13.0 Å². The standard InChI is InChI=1S/C13H21N3O/c1-8(2)12-7-9(3)14-13(16-12)15-11-5-6-17-10(11)4/h7-8,10-11H,5-6H2,1-4H3,(H,14,15,16). The Labute approximate surface area is 103 Å². The van der Waals surface area contributed by atoms with Crippen LogP contribution in [0.1, 0.15) is 44.5 Å². The van der Waals surface area contributed by atoms with Gasteiger partial charge >= 0.3 is 0 Å². The van der Waals surface area contributed by atoms with Gasteiger partial charge in [0.25, 0.3) is 0 Å². The lowest BCUT2D eigenvalue weighted by Crippen LogP contribution is -2.28. The molecule has 2 unspecified atom stereocenters. The molecule has 17 heavy (non-hydrogen) atoms. The zero-order chi connectivity index (χ0) is 12.4. The number of hydrogen-bond acceptors (Lipinski definition) is 4. The molecule has 1 saturated heterocycles. The molecule has 1 N–H and O–H groups in total. The monoisotopic (exact) mass is 235 g/mol. The van der Waals surface area contributed by atoms with Gasteiger partial charge in [-0.1, -0.05) is 13.8 Å². The number of aryl methyl sites for hydroxylation is 1. The molecule has 1 aliphatic heterocycles. The predicted octanol–water partition coefficient (Wildman–Crippen LogP) is 2.50. The maximum absolute atomic E-state index is 5.53. The molecule has 0 aliphatic carbocycles. The van der Waals surface area contributed by atoms with Crippen LogP contribution in [0.15, 0.2) is 6.07 Å². The van der Waals surface area contributed by atoms with E-state index in [1.165, 1.54) is 0 Å². The molecule has 0 bridgehead atoms. The minimum absolute atomic E-state index is 0.238. The molecule has 0 amide bonds. The molecule has 2 rings (SSSR count). The van der Waals surface area contributed by atoms with Crippen LogP contribution < -0.4 is 5.32 Å². The number of ether oxygens (including phenoxy) is 1. The van der Waals surface area contributed by atoms with Crippen LogP contribution in [-0.2, 0) is 4.74 Å². The first-order valence-electron chi connectivity index (χ1n) is 6.30. The topological polar surface area (TPSA) is 47.0 Å². The van der Waals surface area contributed by atoms with Crippen molar-refractivity contribution >= 4 is 5.95 Å². The van der Waals surface area contributed by atoms with E-state index in [0.29, 0.717) is 12.0 Å². The Bertz CT molecular complexity index is 392. The van der Waals surface area contributed by atoms with Gasteiger partial charge in [0.05, 0.1) is 12.1 Å². The molecule has 1 aliphatic rings. The van der Waals surface area contributed by atoms with Gasteiger partial charge in [-0.05, 0) is 32.3 Å². The lowest BCUT2D eigenvalue weighted by molar-refractivity contribution is 0.121. The number of rotatable bonds is 3. The smallest absolute Gasteiger partial charge is 0.223 e. The van der Waals surface area contributed by atoms with Gasteiger partial charge < -0.3 is 10.1 Å². The summed E-state index contributed by atoms with van der Waals surface area (Å²) in [4.78, 5) is 8.99. The first-order chi connectivity index (χ1) is 8.06. The third-order valence-electron chi connectivity index (χ3n) is 3.16. The summed E-state index contributed by atoms with van der Waals surface area (Å²) in [5.41, 5.74) is 2.10. The quantitative estimate of drug-likeness (QED) is 0.874. The number of aromatic nitrogens is 2. The Hall–Kier alpha value is -1.16. The van der Waals surface area contributed by atoms with Crippen LogP contribution in [0.5, 0.6) is 0 Å². The normalized spacial score (nSPS) is 24.3. The summed E-state index contributed by atoms with van der Waals surface area (Å²) in [6.45, 7) is 9.21. The number of nitrogens with one attached hydrogen (secondary N) is 1. The van der Waals surface area contributed by atoms with Crippen molar-refractivity contribution in [3.63, 3.8) is 0 Å². The van der Waals surface area contributed by atoms with E-state index < -0.39 is 0 Å². The van der Waals surface area contributed by atoms with Crippen LogP contribution in [0.4, 0.5) is 5.95 Å². The van der Waals surface area contributed by atoms with Crippen LogP contribution in [0, 0.1) is 6.92 Å². The molecule has 4 nitrogen and oxygen atoms in total. The van der Waals surface area contributed by atoms with Gasteiger partial charge in [-0.3, -0.25) is 0 Å². The van der Waals surface area contributed by atoms with Crippen molar-refractivity contribution in [2.24, 2.45) is 0 Å². The average molecular weight is 235 g/mol. The molecule has 2 heterocycles. The summed E-state index contributed by atoms with van der Waals surface area (Å²) < 4.78 is 5.53. The van der Waals surface area contributed by atoms with Crippen LogP contribution in [0.3, 0.4) is 0 Å². The molecular weight excluding hydrogens is 214 g/mol. The lowest BCUT2D eigenvalue weighted by atomic mass is 10.1. The van der Waals surface area contributed by atoms with Gasteiger partial charge in [0.1, 0.15) is 0 Å². The summed E-state index contributed by atoms with van der Waals surface area (Å²) in [6.07, 6.45) is 1.26. The third kappa shape index (κ3) is 2.94. The second kappa shape index (κ2) is 5.00. The number of nitrogens with zero attached hydrogens (tertiary/aromatic N) is 2. The fourth-order valence-electron chi connectivity index (χ4n) is 2.04. The fourth-order valence-corrected chi connectivity index (χ4v) is 2.04. The highest BCUT2D eigenvalue weighted by Crippen LogP contribution is 2.19. The number of hydrogen-bond donors (Lipinski definition) is 1. The third-order valence-corrected chi connectivity index (χ3v) is 3.16. The van der Waals surface area contributed by atoms with Gasteiger partial charge in [0.15, 0.2) is 0 Å². The van der Waals surface area contributed by atoms with Crippen LogP contribution in [-0.4, -0.2) is 28.7 Å². The van der Waals surface area contributed by atoms with E-state index in [1.54, 1.807) is 0 Å². The highest BCUT2D eigenvalue weighted by Gasteiger charge is 2.24. The zero-order valence-corrected chi connectivity index (χ0v) is 11.0. The van der Waals surface area contributed by atoms with E-state index in [0.717, 1.165) is 30.4 Å². The molecule has 0 aromatic carbocycles. The highest BCUT2D eigenvalue weighted by molar-refractivity contribution is 5.31. The average Bonchev–Trinajstić information content (AvgIpc) is 2.63. The van der Waals surface area contributed by atoms with E-state index >= 15 is 0 Å². The molecule has 0 spiro atoms. The highest BCUT2D eigenvalue weighted by atomic mass is 16.5. The lowest BCUT2D eigenvalue weighted by Gasteiger charge is -2.17. The van der Waals surface area contributed by atoms with E-state index in [-0.39, 0.29) is 6.10 Å². The summed E-state index contributed by atoms with van der Waals surface area (Å²) in [6, 6.07) is 2.38. The van der Waals surface area contributed by atoms with Crippen LogP contribution in [0.2, 0.25) is 0 Å². The number of anilines is 1. The van der Waals surface area contributed by atoms with Gasteiger partial charge in [-0.15, -0.1) is 0 Å². The Morgan fingerprint density at radius 2 is 2.18 bits per heavy atom. The minimum Gasteiger partial charge on any atom is -0.376 e. The van der Waals surface area contributed by atoms with Crippen molar-refractivity contribution in [2.45, 2.75) is 52.2 Å². The molecule has 1 fully saturated rings. The van der Waals surface area contributed by atoms with Crippen LogP contribution in [0.25, 0.3) is 0 Å². The van der Waals surface area contributed by atoms with E-state index in [4.69, 9.17) is 4.74 Å². The van der Waals surface area contributed by atoms with Crippen molar-refractivity contribution in [1.29, 1.82) is 0 Å². The molecule has 2 atom stereocenters. The summed E-state index contributed by atoms with van der Waals surface area (Å²) in [7, 11) is 0. The molecule has 0 radical (unpaired) electrons. The minimum atomic E-state index is 0.238. The molecule has 1 aromatic heterocycles. The van der Waals surface area contributed by atoms with E-state index in [2.05, 4.69) is 36.1 Å². The maximum Gasteiger partial charge on any atom is 0.223 e. The second-order valence-corrected chi connectivity index (χ2v) is 5.03. The van der Waals surface area contributed by atoms with Crippen molar-refractivity contribution in [3.05, 3.63) is 17.5 Å². The molecule has 4 heteroatoms. The first-order valence-corrected chi connectivity index (χ1v) is 6.30. The molecule has 1 aromatic rings. The van der Waals surface area contributed by atoms with Crippen molar-refractivity contribution in [2.75, 3.05) is 11.9 Å². The van der Waals surface area contributed by atoms with Gasteiger partial charge in [-0.2, -0.15) is 0 Å².